The number of carbonyl (C=O) groups excluding carboxylic acids is 2. The van der Waals surface area contributed by atoms with Gasteiger partial charge in [0.25, 0.3) is 17.4 Å². The molecule has 2 aromatic carbocycles. The molecule has 0 aliphatic rings. The first-order valence-corrected chi connectivity index (χ1v) is 8.85. The van der Waals surface area contributed by atoms with Crippen LogP contribution >= 0.6 is 11.6 Å². The Labute approximate surface area is 164 Å². The monoisotopic (exact) mass is 402 g/mol. The van der Waals surface area contributed by atoms with E-state index in [-0.39, 0.29) is 21.8 Å². The summed E-state index contributed by atoms with van der Waals surface area (Å²) < 4.78 is 14.3. The fraction of sp³-hybridized carbons (Fsp3) is 0.158. The summed E-state index contributed by atoms with van der Waals surface area (Å²) in [5, 5.41) is 4.76. The first-order valence-electron chi connectivity index (χ1n) is 8.48. The highest BCUT2D eigenvalue weighted by molar-refractivity contribution is 6.33. The second kappa shape index (κ2) is 8.18. The molecule has 3 aromatic rings. The van der Waals surface area contributed by atoms with Crippen molar-refractivity contribution in [2.24, 2.45) is 0 Å². The molecular formula is C19H16ClFN4O3. The van der Waals surface area contributed by atoms with E-state index in [9.17, 15) is 18.8 Å². The number of aromatic nitrogens is 2. The van der Waals surface area contributed by atoms with Crippen LogP contribution in [0.5, 0.6) is 0 Å². The van der Waals surface area contributed by atoms with E-state index in [1.807, 2.05) is 6.92 Å². The van der Waals surface area contributed by atoms with Crippen LogP contribution in [0.2, 0.25) is 5.02 Å². The number of aryl methyl sites for hydroxylation is 1. The summed E-state index contributed by atoms with van der Waals surface area (Å²) in [5.74, 6) is -2.00. The SMILES string of the molecule is CCCn1nc(C(=O)NNC(=O)c2ccc(F)cc2Cl)c2ccccc2c1=O. The molecule has 144 valence electrons. The highest BCUT2D eigenvalue weighted by Gasteiger charge is 2.18. The molecule has 0 saturated heterocycles. The van der Waals surface area contributed by atoms with Gasteiger partial charge in [-0.1, -0.05) is 36.7 Å². The number of hydrogen-bond donors (Lipinski definition) is 2. The summed E-state index contributed by atoms with van der Waals surface area (Å²) in [6, 6.07) is 9.87. The maximum Gasteiger partial charge on any atom is 0.290 e. The Morgan fingerprint density at radius 3 is 2.46 bits per heavy atom. The third-order valence-electron chi connectivity index (χ3n) is 3.98. The third-order valence-corrected chi connectivity index (χ3v) is 4.30. The van der Waals surface area contributed by atoms with Gasteiger partial charge < -0.3 is 0 Å². The minimum atomic E-state index is -0.718. The lowest BCUT2D eigenvalue weighted by molar-refractivity contribution is 0.0843. The van der Waals surface area contributed by atoms with E-state index in [4.69, 9.17) is 11.6 Å². The third kappa shape index (κ3) is 3.86. The van der Waals surface area contributed by atoms with E-state index in [0.29, 0.717) is 23.7 Å². The van der Waals surface area contributed by atoms with Crippen LogP contribution in [0.3, 0.4) is 0 Å². The zero-order valence-corrected chi connectivity index (χ0v) is 15.6. The van der Waals surface area contributed by atoms with Crippen LogP contribution in [0, 0.1) is 5.82 Å². The van der Waals surface area contributed by atoms with Crippen LogP contribution in [0.15, 0.2) is 47.3 Å². The van der Waals surface area contributed by atoms with Gasteiger partial charge in [0.1, 0.15) is 5.82 Å². The second-order valence-electron chi connectivity index (χ2n) is 5.95. The smallest absolute Gasteiger partial charge is 0.267 e. The molecular weight excluding hydrogens is 387 g/mol. The highest BCUT2D eigenvalue weighted by Crippen LogP contribution is 2.17. The van der Waals surface area contributed by atoms with Crippen molar-refractivity contribution in [3.63, 3.8) is 0 Å². The predicted octanol–water partition coefficient (Wildman–Crippen LogP) is 2.67. The molecule has 0 radical (unpaired) electrons. The van der Waals surface area contributed by atoms with Gasteiger partial charge in [-0.3, -0.25) is 25.2 Å². The van der Waals surface area contributed by atoms with E-state index in [1.165, 1.54) is 10.7 Å². The lowest BCUT2D eigenvalue weighted by atomic mass is 10.1. The molecule has 0 spiro atoms. The van der Waals surface area contributed by atoms with Gasteiger partial charge >= 0.3 is 0 Å². The number of nitrogens with one attached hydrogen (secondary N) is 2. The summed E-state index contributed by atoms with van der Waals surface area (Å²) in [6.45, 7) is 2.23. The molecule has 0 aliphatic heterocycles. The first-order chi connectivity index (χ1) is 13.4. The normalized spacial score (nSPS) is 10.7. The van der Waals surface area contributed by atoms with Crippen molar-refractivity contribution in [2.45, 2.75) is 19.9 Å². The van der Waals surface area contributed by atoms with Gasteiger partial charge in [-0.25, -0.2) is 9.07 Å². The number of hydrazine groups is 1. The van der Waals surface area contributed by atoms with Crippen molar-refractivity contribution >= 4 is 34.2 Å². The Balaban J connectivity index is 1.88. The largest absolute Gasteiger partial charge is 0.290 e. The Hall–Kier alpha value is -3.26. The number of nitrogens with zero attached hydrogens (tertiary/aromatic N) is 2. The molecule has 0 unspecified atom stereocenters. The molecule has 0 atom stereocenters. The molecule has 2 N–H and O–H groups in total. The molecule has 0 aliphatic carbocycles. The number of halogens is 2. The maximum atomic E-state index is 13.1. The van der Waals surface area contributed by atoms with Gasteiger partial charge in [-0.15, -0.1) is 0 Å². The van der Waals surface area contributed by atoms with Gasteiger partial charge in [-0.2, -0.15) is 5.10 Å². The number of hydrogen-bond acceptors (Lipinski definition) is 4. The molecule has 0 saturated carbocycles. The average Bonchev–Trinajstić information content (AvgIpc) is 2.68. The molecule has 28 heavy (non-hydrogen) atoms. The topological polar surface area (TPSA) is 93.1 Å². The summed E-state index contributed by atoms with van der Waals surface area (Å²) in [5.41, 5.74) is 4.16. The second-order valence-corrected chi connectivity index (χ2v) is 6.36. The fourth-order valence-corrected chi connectivity index (χ4v) is 2.93. The Bertz CT molecular complexity index is 1130. The summed E-state index contributed by atoms with van der Waals surface area (Å²) in [4.78, 5) is 37.3. The van der Waals surface area contributed by atoms with Gasteiger partial charge in [0.2, 0.25) is 0 Å². The van der Waals surface area contributed by atoms with Crippen LogP contribution in [0.4, 0.5) is 4.39 Å². The molecule has 1 aromatic heterocycles. The number of benzene rings is 2. The Morgan fingerprint density at radius 2 is 1.79 bits per heavy atom. The highest BCUT2D eigenvalue weighted by atomic mass is 35.5. The van der Waals surface area contributed by atoms with Crippen LogP contribution in [0.1, 0.15) is 34.2 Å². The molecule has 0 fully saturated rings. The van der Waals surface area contributed by atoms with Crippen molar-refractivity contribution in [3.05, 3.63) is 74.9 Å². The minimum Gasteiger partial charge on any atom is -0.267 e. The van der Waals surface area contributed by atoms with Crippen molar-refractivity contribution in [1.82, 2.24) is 20.6 Å². The van der Waals surface area contributed by atoms with Crippen molar-refractivity contribution in [2.75, 3.05) is 0 Å². The molecule has 2 amide bonds. The van der Waals surface area contributed by atoms with Crippen molar-refractivity contribution in [3.8, 4) is 0 Å². The van der Waals surface area contributed by atoms with E-state index >= 15 is 0 Å². The lowest BCUT2D eigenvalue weighted by Crippen LogP contribution is -2.43. The van der Waals surface area contributed by atoms with Gasteiger partial charge in [0.15, 0.2) is 5.69 Å². The molecule has 0 bridgehead atoms. The van der Waals surface area contributed by atoms with Crippen LogP contribution in [-0.4, -0.2) is 21.6 Å². The summed E-state index contributed by atoms with van der Waals surface area (Å²) in [6.07, 6.45) is 0.659. The molecule has 3 rings (SSSR count). The van der Waals surface area contributed by atoms with Crippen molar-refractivity contribution in [1.29, 1.82) is 0 Å². The number of rotatable bonds is 4. The molecule has 7 nitrogen and oxygen atoms in total. The predicted molar refractivity (Wildman–Crippen MR) is 103 cm³/mol. The summed E-state index contributed by atoms with van der Waals surface area (Å²) in [7, 11) is 0. The quantitative estimate of drug-likeness (QED) is 0.656. The van der Waals surface area contributed by atoms with Gasteiger partial charge in [-0.05, 0) is 30.7 Å². The first kappa shape index (κ1) is 19.5. The van der Waals surface area contributed by atoms with E-state index in [2.05, 4.69) is 16.0 Å². The lowest BCUT2D eigenvalue weighted by Gasteiger charge is -2.12. The minimum absolute atomic E-state index is 0.00265. The molecule has 9 heteroatoms. The molecule has 1 heterocycles. The van der Waals surface area contributed by atoms with Crippen molar-refractivity contribution < 1.29 is 14.0 Å². The Kier molecular flexibility index (Phi) is 5.70. The van der Waals surface area contributed by atoms with Crippen LogP contribution < -0.4 is 16.4 Å². The van der Waals surface area contributed by atoms with E-state index < -0.39 is 17.6 Å². The number of fused-ring (bicyclic) bond motifs is 1. The zero-order valence-electron chi connectivity index (χ0n) is 14.8. The Morgan fingerprint density at radius 1 is 1.11 bits per heavy atom. The van der Waals surface area contributed by atoms with Gasteiger partial charge in [0.05, 0.1) is 16.0 Å². The van der Waals surface area contributed by atoms with E-state index in [1.54, 1.807) is 24.3 Å². The maximum absolute atomic E-state index is 13.1. The van der Waals surface area contributed by atoms with Crippen LogP contribution in [0.25, 0.3) is 10.8 Å². The van der Waals surface area contributed by atoms with Gasteiger partial charge in [0, 0.05) is 11.9 Å². The number of amides is 2. The summed E-state index contributed by atoms with van der Waals surface area (Å²) >= 11 is 5.84. The average molecular weight is 403 g/mol. The fourth-order valence-electron chi connectivity index (χ4n) is 2.68. The number of carbonyl (C=O) groups is 2. The standard InChI is InChI=1S/C19H16ClFN4O3/c1-2-9-25-19(28)13-6-4-3-5-12(13)16(24-25)18(27)23-22-17(26)14-8-7-11(21)10-15(14)20/h3-8,10H,2,9H2,1H3,(H,22,26)(H,23,27). The van der Waals surface area contributed by atoms with Crippen LogP contribution in [-0.2, 0) is 6.54 Å². The van der Waals surface area contributed by atoms with E-state index in [0.717, 1.165) is 12.1 Å². The zero-order chi connectivity index (χ0) is 20.3.